The van der Waals surface area contributed by atoms with Gasteiger partial charge in [-0.15, -0.1) is 11.6 Å². The Labute approximate surface area is 122 Å². The average molecular weight is 320 g/mol. The summed E-state index contributed by atoms with van der Waals surface area (Å²) in [6, 6.07) is 1.13. The number of halogens is 1. The minimum absolute atomic E-state index is 0.243. The molecule has 10 heteroatoms. The van der Waals surface area contributed by atoms with Gasteiger partial charge in [-0.05, 0) is 6.92 Å². The number of H-pyrrole nitrogens is 1. The Morgan fingerprint density at radius 1 is 1.57 bits per heavy atom. The molecule has 0 bridgehead atoms. The number of hydrogen-bond acceptors (Lipinski definition) is 7. The lowest BCUT2D eigenvalue weighted by molar-refractivity contribution is -0.166. The van der Waals surface area contributed by atoms with Gasteiger partial charge >= 0.3 is 0 Å². The van der Waals surface area contributed by atoms with E-state index in [0.29, 0.717) is 0 Å². The van der Waals surface area contributed by atoms with Gasteiger partial charge in [-0.1, -0.05) is 5.16 Å². The SMILES string of the molecule is C[C@]1(O)[C@H](n2ccc(=O)[nH]/c2=N\O)O[C@]2(CCl)C(O)[C@@]12O. The topological polar surface area (TPSA) is 140 Å². The van der Waals surface area contributed by atoms with Crippen LogP contribution in [-0.4, -0.2) is 58.9 Å². The molecule has 1 saturated carbocycles. The predicted molar refractivity (Wildman–Crippen MR) is 67.6 cm³/mol. The van der Waals surface area contributed by atoms with Crippen molar-refractivity contribution in [1.29, 1.82) is 0 Å². The number of hydrogen-bond donors (Lipinski definition) is 5. The fraction of sp³-hybridized carbons (Fsp3) is 0.636. The molecule has 0 aromatic carbocycles. The number of aromatic amines is 1. The molecule has 1 saturated heterocycles. The summed E-state index contributed by atoms with van der Waals surface area (Å²) in [5.74, 6) is -0.243. The van der Waals surface area contributed by atoms with Crippen LogP contribution in [0.15, 0.2) is 22.2 Å². The number of aliphatic hydroxyl groups is 3. The van der Waals surface area contributed by atoms with Crippen LogP contribution in [-0.2, 0) is 4.74 Å². The normalized spacial score (nSPS) is 45.7. The van der Waals surface area contributed by atoms with E-state index in [1.165, 1.54) is 13.1 Å². The van der Waals surface area contributed by atoms with Crippen LogP contribution < -0.4 is 11.2 Å². The Kier molecular flexibility index (Phi) is 2.83. The van der Waals surface area contributed by atoms with Gasteiger partial charge in [0.05, 0.1) is 5.88 Å². The van der Waals surface area contributed by atoms with Gasteiger partial charge in [-0.2, -0.15) is 0 Å². The smallest absolute Gasteiger partial charge is 0.252 e. The Balaban J connectivity index is 2.13. The highest BCUT2D eigenvalue weighted by molar-refractivity contribution is 6.19. The Morgan fingerprint density at radius 2 is 2.24 bits per heavy atom. The van der Waals surface area contributed by atoms with Crippen LogP contribution in [0.1, 0.15) is 13.2 Å². The molecule has 2 fully saturated rings. The number of fused-ring (bicyclic) bond motifs is 1. The number of alkyl halides is 1. The molecule has 0 radical (unpaired) electrons. The molecule has 116 valence electrons. The van der Waals surface area contributed by atoms with Crippen molar-refractivity contribution >= 4 is 11.6 Å². The van der Waals surface area contributed by atoms with Gasteiger partial charge < -0.3 is 25.3 Å². The molecule has 2 heterocycles. The second-order valence-electron chi connectivity index (χ2n) is 5.45. The van der Waals surface area contributed by atoms with Crippen LogP contribution >= 0.6 is 11.6 Å². The standard InChI is InChI=1S/C11H14ClN3O6/c1-9(18)7(15-3-2-5(16)13-8(15)14-20)21-10(4-12)6(17)11(9,10)19/h2-3,6-7,17-20H,4H2,1H3,(H,13,14,16)/t6?,7-,9+,10-,11-/m1/s1. The minimum atomic E-state index is -1.96. The Morgan fingerprint density at radius 3 is 2.76 bits per heavy atom. The maximum absolute atomic E-state index is 11.2. The fourth-order valence-electron chi connectivity index (χ4n) is 3.07. The molecule has 3 rings (SSSR count). The Hall–Kier alpha value is -1.39. The van der Waals surface area contributed by atoms with Gasteiger partial charge in [0.25, 0.3) is 5.56 Å². The maximum Gasteiger partial charge on any atom is 0.252 e. The lowest BCUT2D eigenvalue weighted by atomic mass is 9.94. The second kappa shape index (κ2) is 4.08. The van der Waals surface area contributed by atoms with Gasteiger partial charge in [0.1, 0.15) is 17.3 Å². The number of nitrogens with one attached hydrogen (secondary N) is 1. The van der Waals surface area contributed by atoms with Gasteiger partial charge in [-0.3, -0.25) is 14.3 Å². The molecule has 9 nitrogen and oxygen atoms in total. The van der Waals surface area contributed by atoms with Crippen molar-refractivity contribution in [1.82, 2.24) is 9.55 Å². The van der Waals surface area contributed by atoms with Crippen LogP contribution in [0.4, 0.5) is 0 Å². The zero-order valence-electron chi connectivity index (χ0n) is 10.9. The van der Waals surface area contributed by atoms with Gasteiger partial charge in [0.2, 0.25) is 5.62 Å². The van der Waals surface area contributed by atoms with E-state index in [-0.39, 0.29) is 11.5 Å². The van der Waals surface area contributed by atoms with Crippen molar-refractivity contribution < 1.29 is 25.3 Å². The number of rotatable bonds is 2. The summed E-state index contributed by atoms with van der Waals surface area (Å²) in [7, 11) is 0. The summed E-state index contributed by atoms with van der Waals surface area (Å²) in [6.07, 6.45) is -1.32. The largest absolute Gasteiger partial charge is 0.408 e. The van der Waals surface area contributed by atoms with E-state index in [2.05, 4.69) is 10.1 Å². The zero-order valence-corrected chi connectivity index (χ0v) is 11.7. The first-order chi connectivity index (χ1) is 9.76. The monoisotopic (exact) mass is 319 g/mol. The third kappa shape index (κ3) is 1.44. The first-order valence-electron chi connectivity index (χ1n) is 6.12. The number of aromatic nitrogens is 2. The van der Waals surface area contributed by atoms with Crippen molar-refractivity contribution in [2.45, 2.75) is 36.1 Å². The van der Waals surface area contributed by atoms with Crippen molar-refractivity contribution in [2.75, 3.05) is 5.88 Å². The van der Waals surface area contributed by atoms with E-state index in [9.17, 15) is 20.1 Å². The van der Waals surface area contributed by atoms with Gasteiger partial charge in [-0.25, -0.2) is 0 Å². The first kappa shape index (κ1) is 14.5. The average Bonchev–Trinajstić information content (AvgIpc) is 2.86. The number of aliphatic hydroxyl groups excluding tert-OH is 1. The van der Waals surface area contributed by atoms with Gasteiger partial charge in [0, 0.05) is 12.3 Å². The summed E-state index contributed by atoms with van der Waals surface area (Å²) >= 11 is 5.76. The highest BCUT2D eigenvalue weighted by atomic mass is 35.5. The number of nitrogens with zero attached hydrogens (tertiary/aromatic N) is 2. The highest BCUT2D eigenvalue weighted by Gasteiger charge is 2.91. The van der Waals surface area contributed by atoms with E-state index < -0.39 is 34.7 Å². The summed E-state index contributed by atoms with van der Waals surface area (Å²) in [5.41, 5.74) is -6.20. The number of ether oxygens (including phenoxy) is 1. The first-order valence-corrected chi connectivity index (χ1v) is 6.66. The third-order valence-electron chi connectivity index (χ3n) is 4.39. The summed E-state index contributed by atoms with van der Waals surface area (Å²) in [5, 5.41) is 42.8. The third-order valence-corrected chi connectivity index (χ3v) is 4.78. The summed E-state index contributed by atoms with van der Waals surface area (Å²) in [4.78, 5) is 13.5. The van der Waals surface area contributed by atoms with E-state index >= 15 is 0 Å². The van der Waals surface area contributed by atoms with Crippen molar-refractivity contribution in [3.05, 3.63) is 28.2 Å². The van der Waals surface area contributed by atoms with E-state index in [1.807, 2.05) is 0 Å². The molecule has 0 amide bonds. The molecule has 0 spiro atoms. The van der Waals surface area contributed by atoms with Crippen LogP contribution in [0.25, 0.3) is 0 Å². The van der Waals surface area contributed by atoms with Crippen molar-refractivity contribution in [2.24, 2.45) is 5.16 Å². The molecule has 21 heavy (non-hydrogen) atoms. The molecule has 2 aliphatic rings. The minimum Gasteiger partial charge on any atom is -0.408 e. The maximum atomic E-state index is 11.2. The highest BCUT2D eigenvalue weighted by Crippen LogP contribution is 2.67. The second-order valence-corrected chi connectivity index (χ2v) is 5.71. The van der Waals surface area contributed by atoms with Crippen LogP contribution in [0.3, 0.4) is 0 Å². The summed E-state index contributed by atoms with van der Waals surface area (Å²) in [6.45, 7) is 1.27. The molecular weight excluding hydrogens is 306 g/mol. The van der Waals surface area contributed by atoms with E-state index in [4.69, 9.17) is 21.5 Å². The molecule has 1 unspecified atom stereocenters. The lowest BCUT2D eigenvalue weighted by Crippen LogP contribution is -2.51. The fourth-order valence-corrected chi connectivity index (χ4v) is 3.48. The van der Waals surface area contributed by atoms with Crippen LogP contribution in [0, 0.1) is 0 Å². The zero-order chi connectivity index (χ0) is 15.6. The Bertz CT molecular complexity index is 714. The molecule has 5 atom stereocenters. The van der Waals surface area contributed by atoms with Crippen molar-refractivity contribution in [3.63, 3.8) is 0 Å². The molecule has 1 aromatic rings. The molecule has 1 aliphatic heterocycles. The predicted octanol–water partition coefficient (Wildman–Crippen LogP) is -2.17. The molecule has 1 aromatic heterocycles. The van der Waals surface area contributed by atoms with Crippen LogP contribution in [0.5, 0.6) is 0 Å². The lowest BCUT2D eigenvalue weighted by Gasteiger charge is -2.32. The molecule has 5 N–H and O–H groups in total. The van der Waals surface area contributed by atoms with Crippen LogP contribution in [0.2, 0.25) is 0 Å². The van der Waals surface area contributed by atoms with Crippen molar-refractivity contribution in [3.8, 4) is 0 Å². The van der Waals surface area contributed by atoms with E-state index in [1.54, 1.807) is 0 Å². The molecular formula is C11H14ClN3O6. The quantitative estimate of drug-likeness (QED) is 0.239. The van der Waals surface area contributed by atoms with E-state index in [0.717, 1.165) is 10.6 Å². The summed E-state index contributed by atoms with van der Waals surface area (Å²) < 4.78 is 6.69. The molecule has 1 aliphatic carbocycles. The van der Waals surface area contributed by atoms with Gasteiger partial charge in [0.15, 0.2) is 11.8 Å².